The Hall–Kier alpha value is -1.55. The van der Waals surface area contributed by atoms with Gasteiger partial charge in [-0.15, -0.1) is 0 Å². The molecule has 1 aromatic carbocycles. The summed E-state index contributed by atoms with van der Waals surface area (Å²) >= 11 is 0. The van der Waals surface area contributed by atoms with Crippen molar-refractivity contribution < 1.29 is 4.79 Å². The van der Waals surface area contributed by atoms with Gasteiger partial charge in [-0.25, -0.2) is 4.79 Å². The molecule has 2 amide bonds. The van der Waals surface area contributed by atoms with Crippen LogP contribution in [0, 0.1) is 12.8 Å². The number of amides is 2. The predicted molar refractivity (Wildman–Crippen MR) is 99.6 cm³/mol. The number of carbonyl (C=O) groups is 1. The number of anilines is 1. The number of rotatable bonds is 2. The van der Waals surface area contributed by atoms with Crippen molar-refractivity contribution in [2.24, 2.45) is 5.92 Å². The number of aryl methyl sites for hydroxylation is 1. The first-order valence-electron chi connectivity index (χ1n) is 9.14. The molecule has 24 heavy (non-hydrogen) atoms. The zero-order valence-corrected chi connectivity index (χ0v) is 15.8. The molecular weight excluding hydrogens is 298 g/mol. The van der Waals surface area contributed by atoms with E-state index >= 15 is 0 Å². The highest BCUT2D eigenvalue weighted by atomic mass is 16.2. The molecule has 0 saturated carbocycles. The fourth-order valence-corrected chi connectivity index (χ4v) is 4.05. The van der Waals surface area contributed by atoms with E-state index < -0.39 is 0 Å². The lowest BCUT2D eigenvalue weighted by Crippen LogP contribution is -2.46. The Morgan fingerprint density at radius 1 is 1.21 bits per heavy atom. The molecule has 1 fully saturated rings. The van der Waals surface area contributed by atoms with E-state index in [4.69, 9.17) is 0 Å². The van der Waals surface area contributed by atoms with Crippen LogP contribution in [0.25, 0.3) is 0 Å². The van der Waals surface area contributed by atoms with E-state index in [0.717, 1.165) is 18.0 Å². The van der Waals surface area contributed by atoms with Crippen LogP contribution in [-0.4, -0.2) is 36.6 Å². The summed E-state index contributed by atoms with van der Waals surface area (Å²) in [5.74, 6) is 0.753. The van der Waals surface area contributed by atoms with Crippen LogP contribution < -0.4 is 10.2 Å². The van der Waals surface area contributed by atoms with Gasteiger partial charge in [0.15, 0.2) is 0 Å². The molecule has 2 aliphatic heterocycles. The van der Waals surface area contributed by atoms with Crippen molar-refractivity contribution in [3.05, 3.63) is 28.8 Å². The summed E-state index contributed by atoms with van der Waals surface area (Å²) in [5, 5.41) is 2.93. The highest BCUT2D eigenvalue weighted by molar-refractivity contribution is 5.94. The van der Waals surface area contributed by atoms with Crippen LogP contribution in [0.15, 0.2) is 12.1 Å². The number of fused-ring (bicyclic) bond motifs is 1. The van der Waals surface area contributed by atoms with Gasteiger partial charge in [-0.2, -0.15) is 0 Å². The van der Waals surface area contributed by atoms with Gasteiger partial charge in [0, 0.05) is 19.1 Å². The summed E-state index contributed by atoms with van der Waals surface area (Å²) in [6.45, 7) is 12.1. The van der Waals surface area contributed by atoms with Gasteiger partial charge < -0.3 is 5.32 Å². The van der Waals surface area contributed by atoms with Crippen LogP contribution in [0.2, 0.25) is 0 Å². The minimum Gasteiger partial charge on any atom is -0.334 e. The van der Waals surface area contributed by atoms with Gasteiger partial charge >= 0.3 is 6.03 Å². The van der Waals surface area contributed by atoms with Crippen LogP contribution in [-0.2, 0) is 13.0 Å². The van der Waals surface area contributed by atoms with Gasteiger partial charge in [-0.05, 0) is 88.7 Å². The minimum absolute atomic E-state index is 0.00228. The van der Waals surface area contributed by atoms with Gasteiger partial charge in [0.2, 0.25) is 0 Å². The van der Waals surface area contributed by atoms with Crippen molar-refractivity contribution >= 4 is 11.7 Å². The van der Waals surface area contributed by atoms with Crippen molar-refractivity contribution in [3.8, 4) is 0 Å². The van der Waals surface area contributed by atoms with Gasteiger partial charge in [0.05, 0.1) is 5.69 Å². The van der Waals surface area contributed by atoms with Gasteiger partial charge in [0.25, 0.3) is 0 Å². The summed E-state index contributed by atoms with van der Waals surface area (Å²) < 4.78 is 0. The smallest absolute Gasteiger partial charge is 0.321 e. The van der Waals surface area contributed by atoms with Crippen molar-refractivity contribution in [3.63, 3.8) is 0 Å². The summed E-state index contributed by atoms with van der Waals surface area (Å²) in [7, 11) is 1.86. The van der Waals surface area contributed by atoms with E-state index in [1.54, 1.807) is 4.90 Å². The number of likely N-dealkylation sites (tertiary alicyclic amines) is 1. The number of urea groups is 1. The maximum Gasteiger partial charge on any atom is 0.321 e. The number of nitrogens with zero attached hydrogens (tertiary/aromatic N) is 2. The SMILES string of the molecule is Cc1cc(CC2CCN(C(C)(C)C)CC2)cc2c1CNC(=O)N2C. The highest BCUT2D eigenvalue weighted by Gasteiger charge is 2.28. The maximum absolute atomic E-state index is 11.9. The quantitative estimate of drug-likeness (QED) is 0.898. The lowest BCUT2D eigenvalue weighted by molar-refractivity contribution is 0.0876. The van der Waals surface area contributed by atoms with Crippen molar-refractivity contribution in [2.75, 3.05) is 25.0 Å². The third-order valence-electron chi connectivity index (χ3n) is 5.68. The highest BCUT2D eigenvalue weighted by Crippen LogP contribution is 2.31. The zero-order valence-electron chi connectivity index (χ0n) is 15.8. The molecule has 2 aliphatic rings. The second kappa shape index (κ2) is 6.40. The van der Waals surface area contributed by atoms with Crippen molar-refractivity contribution in [1.82, 2.24) is 10.2 Å². The average Bonchev–Trinajstić information content (AvgIpc) is 2.51. The molecule has 132 valence electrons. The maximum atomic E-state index is 11.9. The molecule has 0 spiro atoms. The molecule has 1 N–H and O–H groups in total. The number of hydrogen-bond donors (Lipinski definition) is 1. The largest absolute Gasteiger partial charge is 0.334 e. The standard InChI is InChI=1S/C20H31N3O/c1-14-10-16(12-18-17(14)13-21-19(24)22(18)5)11-15-6-8-23(9-7-15)20(2,3)4/h10,12,15H,6-9,11,13H2,1-5H3,(H,21,24). The van der Waals surface area contributed by atoms with Gasteiger partial charge in [-0.3, -0.25) is 9.80 Å². The van der Waals surface area contributed by atoms with E-state index in [0.29, 0.717) is 6.54 Å². The van der Waals surface area contributed by atoms with E-state index in [9.17, 15) is 4.79 Å². The lowest BCUT2D eigenvalue weighted by Gasteiger charge is -2.41. The minimum atomic E-state index is -0.00228. The average molecular weight is 329 g/mol. The molecule has 0 atom stereocenters. The van der Waals surface area contributed by atoms with E-state index in [1.807, 2.05) is 7.05 Å². The Bertz CT molecular complexity index is 625. The predicted octanol–water partition coefficient (Wildman–Crippen LogP) is 3.71. The Morgan fingerprint density at radius 2 is 1.88 bits per heavy atom. The van der Waals surface area contributed by atoms with Crippen LogP contribution in [0.4, 0.5) is 10.5 Å². The fourth-order valence-electron chi connectivity index (χ4n) is 4.05. The molecule has 0 bridgehead atoms. The summed E-state index contributed by atoms with van der Waals surface area (Å²) in [5.41, 5.74) is 5.29. The van der Waals surface area contributed by atoms with Crippen LogP contribution in [0.5, 0.6) is 0 Å². The number of carbonyl (C=O) groups excluding carboxylic acids is 1. The van der Waals surface area contributed by atoms with Gasteiger partial charge in [0.1, 0.15) is 0 Å². The van der Waals surface area contributed by atoms with Crippen molar-refractivity contribution in [2.45, 2.75) is 59.0 Å². The van der Waals surface area contributed by atoms with Crippen molar-refractivity contribution in [1.29, 1.82) is 0 Å². The molecule has 4 heteroatoms. The first-order chi connectivity index (χ1) is 11.3. The molecule has 1 saturated heterocycles. The molecule has 0 aliphatic carbocycles. The Labute approximate surface area is 146 Å². The number of nitrogens with one attached hydrogen (secondary N) is 1. The monoisotopic (exact) mass is 329 g/mol. The van der Waals surface area contributed by atoms with E-state index in [-0.39, 0.29) is 11.6 Å². The molecule has 3 rings (SSSR count). The lowest BCUT2D eigenvalue weighted by atomic mass is 9.87. The fraction of sp³-hybridized carbons (Fsp3) is 0.650. The van der Waals surface area contributed by atoms with E-state index in [1.165, 1.54) is 42.6 Å². The normalized spacial score (nSPS) is 20.0. The summed E-state index contributed by atoms with van der Waals surface area (Å²) in [6.07, 6.45) is 3.66. The summed E-state index contributed by atoms with van der Waals surface area (Å²) in [6, 6.07) is 4.55. The van der Waals surface area contributed by atoms with E-state index in [2.05, 4.69) is 50.0 Å². The second-order valence-corrected chi connectivity index (χ2v) is 8.43. The van der Waals surface area contributed by atoms with Crippen LogP contribution in [0.3, 0.4) is 0 Å². The third-order valence-corrected chi connectivity index (χ3v) is 5.68. The van der Waals surface area contributed by atoms with Crippen LogP contribution >= 0.6 is 0 Å². The number of benzene rings is 1. The number of hydrogen-bond acceptors (Lipinski definition) is 2. The second-order valence-electron chi connectivity index (χ2n) is 8.43. The third kappa shape index (κ3) is 3.44. The molecule has 0 radical (unpaired) electrons. The number of piperidine rings is 1. The zero-order chi connectivity index (χ0) is 17.5. The first-order valence-corrected chi connectivity index (χ1v) is 9.14. The molecule has 0 aromatic heterocycles. The molecule has 1 aromatic rings. The molecular formula is C20H31N3O. The Balaban J connectivity index is 1.71. The summed E-state index contributed by atoms with van der Waals surface area (Å²) in [4.78, 5) is 16.3. The Morgan fingerprint density at radius 3 is 2.50 bits per heavy atom. The molecule has 0 unspecified atom stereocenters. The van der Waals surface area contributed by atoms with Gasteiger partial charge in [-0.1, -0.05) is 6.07 Å². The molecule has 2 heterocycles. The topological polar surface area (TPSA) is 35.6 Å². The first kappa shape index (κ1) is 17.3. The van der Waals surface area contributed by atoms with Crippen LogP contribution in [0.1, 0.15) is 50.3 Å². The molecule has 4 nitrogen and oxygen atoms in total. The Kier molecular flexibility index (Phi) is 4.60.